The number of hydrogen-bond donors (Lipinski definition) is 2. The lowest BCUT2D eigenvalue weighted by Crippen LogP contribution is -2.49. The Labute approximate surface area is 116 Å². The van der Waals surface area contributed by atoms with Gasteiger partial charge in [0.05, 0.1) is 11.6 Å². The molecular weight excluding hydrogens is 258 g/mol. The molecule has 0 radical (unpaired) electrons. The van der Waals surface area contributed by atoms with Crippen LogP contribution < -0.4 is 5.32 Å². The molecule has 1 aromatic carbocycles. The lowest BCUT2D eigenvalue weighted by molar-refractivity contribution is -0.143. The number of benzene rings is 1. The Morgan fingerprint density at radius 1 is 1.40 bits per heavy atom. The van der Waals surface area contributed by atoms with Gasteiger partial charge < -0.3 is 15.3 Å². The summed E-state index contributed by atoms with van der Waals surface area (Å²) in [4.78, 5) is 24.6. The minimum Gasteiger partial charge on any atom is -0.480 e. The fourth-order valence-corrected chi connectivity index (χ4v) is 2.29. The summed E-state index contributed by atoms with van der Waals surface area (Å²) in [5.74, 6) is -0.981. The lowest BCUT2D eigenvalue weighted by atomic mass is 10.0. The van der Waals surface area contributed by atoms with Gasteiger partial charge in [0.2, 0.25) is 0 Å². The van der Waals surface area contributed by atoms with Crippen molar-refractivity contribution in [2.75, 3.05) is 11.9 Å². The van der Waals surface area contributed by atoms with Crippen LogP contribution >= 0.6 is 0 Å². The number of nitrogens with zero attached hydrogens (tertiary/aromatic N) is 2. The third kappa shape index (κ3) is 3.06. The second-order valence-electron chi connectivity index (χ2n) is 4.67. The van der Waals surface area contributed by atoms with Crippen molar-refractivity contribution in [2.45, 2.75) is 25.3 Å². The summed E-state index contributed by atoms with van der Waals surface area (Å²) in [5.41, 5.74) is 0.931. The minimum atomic E-state index is -0.981. The van der Waals surface area contributed by atoms with Crippen LogP contribution in [0.4, 0.5) is 10.5 Å². The number of likely N-dealkylation sites (tertiary alicyclic amines) is 1. The van der Waals surface area contributed by atoms with E-state index in [1.807, 2.05) is 6.07 Å². The number of carboxylic acids is 1. The molecule has 0 aromatic heterocycles. The van der Waals surface area contributed by atoms with Crippen LogP contribution in [0, 0.1) is 11.3 Å². The zero-order valence-corrected chi connectivity index (χ0v) is 10.9. The van der Waals surface area contributed by atoms with E-state index < -0.39 is 18.0 Å². The van der Waals surface area contributed by atoms with E-state index in [0.717, 1.165) is 12.8 Å². The highest BCUT2D eigenvalue weighted by molar-refractivity contribution is 5.92. The van der Waals surface area contributed by atoms with E-state index >= 15 is 0 Å². The first-order chi connectivity index (χ1) is 9.61. The first-order valence-electron chi connectivity index (χ1n) is 6.42. The molecule has 104 valence electrons. The molecule has 1 fully saturated rings. The Morgan fingerprint density at radius 2 is 2.20 bits per heavy atom. The fraction of sp³-hybridized carbons (Fsp3) is 0.357. The van der Waals surface area contributed by atoms with E-state index in [1.54, 1.807) is 24.3 Å². The van der Waals surface area contributed by atoms with Crippen molar-refractivity contribution in [3.8, 4) is 6.07 Å². The number of amides is 2. The van der Waals surface area contributed by atoms with Crippen LogP contribution in [0.3, 0.4) is 0 Å². The third-order valence-electron chi connectivity index (χ3n) is 3.29. The van der Waals surface area contributed by atoms with Crippen LogP contribution in [0.25, 0.3) is 0 Å². The normalized spacial score (nSPS) is 18.1. The van der Waals surface area contributed by atoms with Crippen LogP contribution in [0.5, 0.6) is 0 Å². The van der Waals surface area contributed by atoms with E-state index in [9.17, 15) is 9.59 Å². The van der Waals surface area contributed by atoms with E-state index in [-0.39, 0.29) is 0 Å². The molecule has 0 unspecified atom stereocenters. The minimum absolute atomic E-state index is 0.431. The summed E-state index contributed by atoms with van der Waals surface area (Å²) in [7, 11) is 0. The Bertz CT molecular complexity index is 565. The highest BCUT2D eigenvalue weighted by atomic mass is 16.4. The van der Waals surface area contributed by atoms with Crippen molar-refractivity contribution >= 4 is 17.7 Å². The molecule has 0 spiro atoms. The predicted octanol–water partition coefficient (Wildman–Crippen LogP) is 2.03. The monoisotopic (exact) mass is 273 g/mol. The Morgan fingerprint density at radius 3 is 2.90 bits per heavy atom. The number of piperidine rings is 1. The highest BCUT2D eigenvalue weighted by Gasteiger charge is 2.31. The van der Waals surface area contributed by atoms with Crippen LogP contribution in [0.1, 0.15) is 24.8 Å². The first-order valence-corrected chi connectivity index (χ1v) is 6.42. The number of aliphatic carboxylic acids is 1. The maximum absolute atomic E-state index is 12.2. The van der Waals surface area contributed by atoms with E-state index in [4.69, 9.17) is 10.4 Å². The first kappa shape index (κ1) is 13.9. The molecule has 2 rings (SSSR count). The molecule has 1 aromatic rings. The van der Waals surface area contributed by atoms with Crippen molar-refractivity contribution in [1.82, 2.24) is 4.90 Å². The molecule has 0 bridgehead atoms. The molecule has 6 heteroatoms. The quantitative estimate of drug-likeness (QED) is 0.862. The number of carbonyl (C=O) groups excluding carboxylic acids is 1. The van der Waals surface area contributed by atoms with Crippen LogP contribution in [-0.4, -0.2) is 34.6 Å². The van der Waals surface area contributed by atoms with Gasteiger partial charge >= 0.3 is 12.0 Å². The highest BCUT2D eigenvalue weighted by Crippen LogP contribution is 2.19. The lowest BCUT2D eigenvalue weighted by Gasteiger charge is -2.32. The number of hydrogen-bond acceptors (Lipinski definition) is 3. The van der Waals surface area contributed by atoms with Gasteiger partial charge in [-0.3, -0.25) is 0 Å². The second-order valence-corrected chi connectivity index (χ2v) is 4.67. The summed E-state index contributed by atoms with van der Waals surface area (Å²) < 4.78 is 0. The smallest absolute Gasteiger partial charge is 0.326 e. The van der Waals surface area contributed by atoms with Crippen LogP contribution in [-0.2, 0) is 4.79 Å². The third-order valence-corrected chi connectivity index (χ3v) is 3.29. The van der Waals surface area contributed by atoms with Gasteiger partial charge in [-0.25, -0.2) is 9.59 Å². The molecule has 1 atom stereocenters. The Balaban J connectivity index is 2.10. The van der Waals surface area contributed by atoms with Crippen molar-refractivity contribution in [3.63, 3.8) is 0 Å². The number of anilines is 1. The number of nitriles is 1. The molecular formula is C14H15N3O3. The van der Waals surface area contributed by atoms with Gasteiger partial charge in [0.1, 0.15) is 6.04 Å². The molecule has 0 saturated carbocycles. The molecule has 1 aliphatic rings. The van der Waals surface area contributed by atoms with Crippen molar-refractivity contribution in [1.29, 1.82) is 5.26 Å². The maximum Gasteiger partial charge on any atom is 0.326 e. The second kappa shape index (κ2) is 6.06. The van der Waals surface area contributed by atoms with E-state index in [2.05, 4.69) is 5.32 Å². The molecule has 2 amide bonds. The maximum atomic E-state index is 12.2. The number of rotatable bonds is 2. The zero-order valence-electron chi connectivity index (χ0n) is 10.9. The molecule has 20 heavy (non-hydrogen) atoms. The van der Waals surface area contributed by atoms with E-state index in [0.29, 0.717) is 24.2 Å². The van der Waals surface area contributed by atoms with Gasteiger partial charge in [0.25, 0.3) is 0 Å². The van der Waals surface area contributed by atoms with Crippen molar-refractivity contribution < 1.29 is 14.7 Å². The van der Waals surface area contributed by atoms with Gasteiger partial charge in [-0.2, -0.15) is 5.26 Å². The molecule has 2 N–H and O–H groups in total. The average molecular weight is 273 g/mol. The number of carbonyl (C=O) groups is 2. The van der Waals surface area contributed by atoms with Crippen LogP contribution in [0.15, 0.2) is 24.3 Å². The molecule has 1 heterocycles. The largest absolute Gasteiger partial charge is 0.480 e. The SMILES string of the molecule is N#Cc1cccc(NC(=O)N2CCCC[C@H]2C(=O)O)c1. The number of carboxylic acid groups (broad SMARTS) is 1. The molecule has 6 nitrogen and oxygen atoms in total. The topological polar surface area (TPSA) is 93.4 Å². The van der Waals surface area contributed by atoms with Crippen LogP contribution in [0.2, 0.25) is 0 Å². The van der Waals surface area contributed by atoms with Gasteiger partial charge in [-0.15, -0.1) is 0 Å². The Hall–Kier alpha value is -2.55. The summed E-state index contributed by atoms with van der Waals surface area (Å²) >= 11 is 0. The van der Waals surface area contributed by atoms with Crippen molar-refractivity contribution in [2.24, 2.45) is 0 Å². The van der Waals surface area contributed by atoms with Crippen molar-refractivity contribution in [3.05, 3.63) is 29.8 Å². The van der Waals surface area contributed by atoms with Gasteiger partial charge in [-0.1, -0.05) is 6.07 Å². The summed E-state index contributed by atoms with van der Waals surface area (Å²) in [6.45, 7) is 0.431. The summed E-state index contributed by atoms with van der Waals surface area (Å²) in [5, 5.41) is 20.6. The summed E-state index contributed by atoms with van der Waals surface area (Å²) in [6.07, 6.45) is 2.08. The number of urea groups is 1. The van der Waals surface area contributed by atoms with Gasteiger partial charge in [0, 0.05) is 12.2 Å². The predicted molar refractivity (Wildman–Crippen MR) is 72.2 cm³/mol. The number of nitrogens with one attached hydrogen (secondary N) is 1. The standard InChI is InChI=1S/C14H15N3O3/c15-9-10-4-3-5-11(8-10)16-14(20)17-7-2-1-6-12(17)13(18)19/h3-5,8,12H,1-2,6-7H2,(H,16,20)(H,18,19)/t12-/m0/s1. The zero-order chi connectivity index (χ0) is 14.5. The average Bonchev–Trinajstić information content (AvgIpc) is 2.47. The molecule has 1 saturated heterocycles. The van der Waals surface area contributed by atoms with Gasteiger partial charge in [0.15, 0.2) is 0 Å². The Kier molecular flexibility index (Phi) is 4.20. The fourth-order valence-electron chi connectivity index (χ4n) is 2.29. The van der Waals surface area contributed by atoms with Gasteiger partial charge in [-0.05, 0) is 37.5 Å². The summed E-state index contributed by atoms with van der Waals surface area (Å²) in [6, 6.07) is 7.29. The molecule has 1 aliphatic heterocycles. The molecule has 0 aliphatic carbocycles. The van der Waals surface area contributed by atoms with E-state index in [1.165, 1.54) is 4.90 Å².